The molecule has 0 amide bonds. The van der Waals surface area contributed by atoms with Crippen molar-refractivity contribution in [3.63, 3.8) is 0 Å². The Kier molecular flexibility index (Phi) is 4.54. The SMILES string of the molecule is CS(=O)(=O)CS(=O)(=O)N1CCCC1C1CCNCC1. The van der Waals surface area contributed by atoms with Gasteiger partial charge >= 0.3 is 0 Å². The molecule has 0 aromatic rings. The van der Waals surface area contributed by atoms with Gasteiger partial charge in [-0.15, -0.1) is 0 Å². The molecule has 2 fully saturated rings. The van der Waals surface area contributed by atoms with Crippen LogP contribution < -0.4 is 5.32 Å². The average Bonchev–Trinajstić information content (AvgIpc) is 2.76. The zero-order chi connectivity index (χ0) is 14.1. The minimum Gasteiger partial charge on any atom is -0.317 e. The van der Waals surface area contributed by atoms with E-state index >= 15 is 0 Å². The largest absolute Gasteiger partial charge is 0.317 e. The summed E-state index contributed by atoms with van der Waals surface area (Å²) >= 11 is 0. The number of rotatable bonds is 4. The van der Waals surface area contributed by atoms with Gasteiger partial charge in [0.15, 0.2) is 14.9 Å². The molecule has 0 radical (unpaired) electrons. The number of nitrogens with zero attached hydrogens (tertiary/aromatic N) is 1. The van der Waals surface area contributed by atoms with Crippen LogP contribution in [-0.4, -0.2) is 58.2 Å². The van der Waals surface area contributed by atoms with Gasteiger partial charge < -0.3 is 5.32 Å². The molecule has 0 aliphatic carbocycles. The number of nitrogens with one attached hydrogen (secondary N) is 1. The summed E-state index contributed by atoms with van der Waals surface area (Å²) in [5, 5.41) is 2.50. The Morgan fingerprint density at radius 3 is 2.32 bits per heavy atom. The zero-order valence-corrected chi connectivity index (χ0v) is 12.8. The van der Waals surface area contributed by atoms with E-state index in [0.29, 0.717) is 12.5 Å². The molecule has 2 saturated heterocycles. The molecule has 6 nitrogen and oxygen atoms in total. The summed E-state index contributed by atoms with van der Waals surface area (Å²) < 4.78 is 48.5. The second-order valence-corrected chi connectivity index (χ2v) is 9.99. The topological polar surface area (TPSA) is 83.5 Å². The van der Waals surface area contributed by atoms with Gasteiger partial charge in [0.1, 0.15) is 0 Å². The van der Waals surface area contributed by atoms with Crippen molar-refractivity contribution in [2.75, 3.05) is 31.0 Å². The molecule has 2 aliphatic rings. The fraction of sp³-hybridized carbons (Fsp3) is 1.00. The summed E-state index contributed by atoms with van der Waals surface area (Å²) in [6.07, 6.45) is 4.59. The van der Waals surface area contributed by atoms with Gasteiger partial charge in [-0.25, -0.2) is 16.8 Å². The van der Waals surface area contributed by atoms with Gasteiger partial charge in [0.25, 0.3) is 0 Å². The van der Waals surface area contributed by atoms with Crippen molar-refractivity contribution in [2.45, 2.75) is 31.7 Å². The zero-order valence-electron chi connectivity index (χ0n) is 11.2. The molecule has 0 aromatic heterocycles. The van der Waals surface area contributed by atoms with E-state index in [1.807, 2.05) is 0 Å². The van der Waals surface area contributed by atoms with Crippen molar-refractivity contribution in [2.24, 2.45) is 5.92 Å². The molecule has 0 aromatic carbocycles. The van der Waals surface area contributed by atoms with Crippen molar-refractivity contribution in [1.29, 1.82) is 0 Å². The maximum Gasteiger partial charge on any atom is 0.228 e. The molecule has 2 aliphatic heterocycles. The van der Waals surface area contributed by atoms with Crippen molar-refractivity contribution in [1.82, 2.24) is 9.62 Å². The van der Waals surface area contributed by atoms with E-state index in [0.717, 1.165) is 45.0 Å². The summed E-state index contributed by atoms with van der Waals surface area (Å²) in [5.74, 6) is 0.359. The molecule has 0 spiro atoms. The van der Waals surface area contributed by atoms with Crippen LogP contribution in [0.3, 0.4) is 0 Å². The quantitative estimate of drug-likeness (QED) is 0.776. The van der Waals surface area contributed by atoms with E-state index in [9.17, 15) is 16.8 Å². The predicted octanol–water partition coefficient (Wildman–Crippen LogP) is -0.218. The highest BCUT2D eigenvalue weighted by molar-refractivity contribution is 8.06. The molecular formula is C11H22N2O4S2. The minimum atomic E-state index is -3.69. The molecule has 1 N–H and O–H groups in total. The first-order chi connectivity index (χ1) is 8.80. The maximum atomic E-state index is 12.2. The lowest BCUT2D eigenvalue weighted by Crippen LogP contribution is -2.45. The fourth-order valence-electron chi connectivity index (χ4n) is 3.15. The Morgan fingerprint density at radius 1 is 1.11 bits per heavy atom. The Balaban J connectivity index is 2.13. The normalized spacial score (nSPS) is 27.7. The van der Waals surface area contributed by atoms with Crippen LogP contribution in [0, 0.1) is 5.92 Å². The van der Waals surface area contributed by atoms with E-state index in [1.165, 1.54) is 4.31 Å². The molecule has 19 heavy (non-hydrogen) atoms. The average molecular weight is 310 g/mol. The first-order valence-electron chi connectivity index (χ1n) is 6.67. The number of sulfonamides is 1. The van der Waals surface area contributed by atoms with E-state index in [-0.39, 0.29) is 6.04 Å². The van der Waals surface area contributed by atoms with E-state index in [1.54, 1.807) is 0 Å². The Labute approximate surface area is 115 Å². The molecule has 1 atom stereocenters. The van der Waals surface area contributed by atoms with Crippen molar-refractivity contribution >= 4 is 19.9 Å². The highest BCUT2D eigenvalue weighted by Crippen LogP contribution is 2.31. The van der Waals surface area contributed by atoms with Gasteiger partial charge in [0, 0.05) is 18.8 Å². The third-order valence-corrected chi connectivity index (χ3v) is 7.97. The van der Waals surface area contributed by atoms with Gasteiger partial charge in [0.05, 0.1) is 0 Å². The lowest BCUT2D eigenvalue weighted by atomic mass is 9.89. The van der Waals surface area contributed by atoms with Crippen LogP contribution in [0.15, 0.2) is 0 Å². The first-order valence-corrected chi connectivity index (χ1v) is 10.3. The lowest BCUT2D eigenvalue weighted by molar-refractivity contribution is 0.235. The smallest absolute Gasteiger partial charge is 0.228 e. The lowest BCUT2D eigenvalue weighted by Gasteiger charge is -2.33. The Morgan fingerprint density at radius 2 is 1.74 bits per heavy atom. The van der Waals surface area contributed by atoms with Crippen LogP contribution in [-0.2, 0) is 19.9 Å². The number of hydrogen-bond donors (Lipinski definition) is 1. The summed E-state index contributed by atoms with van der Waals surface area (Å²) in [6.45, 7) is 2.30. The molecule has 8 heteroatoms. The van der Waals surface area contributed by atoms with Gasteiger partial charge in [0.2, 0.25) is 10.0 Å². The molecule has 0 bridgehead atoms. The molecule has 112 valence electrons. The Hall–Kier alpha value is -0.180. The first kappa shape index (κ1) is 15.2. The van der Waals surface area contributed by atoms with Crippen LogP contribution in [0.2, 0.25) is 0 Å². The van der Waals surface area contributed by atoms with Gasteiger partial charge in [-0.3, -0.25) is 0 Å². The highest BCUT2D eigenvalue weighted by atomic mass is 32.3. The van der Waals surface area contributed by atoms with Crippen LogP contribution in [0.4, 0.5) is 0 Å². The molecular weight excluding hydrogens is 288 g/mol. The molecule has 1 unspecified atom stereocenters. The Bertz CT molecular complexity index is 509. The molecule has 0 saturated carbocycles. The summed E-state index contributed by atoms with van der Waals surface area (Å²) in [5.41, 5.74) is 0. The third kappa shape index (κ3) is 3.90. The van der Waals surface area contributed by atoms with E-state index in [2.05, 4.69) is 5.32 Å². The summed E-state index contributed by atoms with van der Waals surface area (Å²) in [7, 11) is -7.21. The summed E-state index contributed by atoms with van der Waals surface area (Å²) in [4.78, 5) is 0. The van der Waals surface area contributed by atoms with Crippen LogP contribution in [0.25, 0.3) is 0 Å². The van der Waals surface area contributed by atoms with Crippen molar-refractivity contribution in [3.05, 3.63) is 0 Å². The molecule has 2 rings (SSSR count). The van der Waals surface area contributed by atoms with E-state index in [4.69, 9.17) is 0 Å². The van der Waals surface area contributed by atoms with Crippen molar-refractivity contribution in [3.8, 4) is 0 Å². The standard InChI is InChI=1S/C11H22N2O4S2/c1-18(14,15)9-19(16,17)13-8-2-3-11(13)10-4-6-12-7-5-10/h10-12H,2-9H2,1H3. The fourth-order valence-corrected chi connectivity index (χ4v) is 6.95. The van der Waals surface area contributed by atoms with Gasteiger partial charge in [-0.2, -0.15) is 4.31 Å². The van der Waals surface area contributed by atoms with E-state index < -0.39 is 24.9 Å². The number of piperidine rings is 1. The number of sulfone groups is 1. The van der Waals surface area contributed by atoms with Crippen molar-refractivity contribution < 1.29 is 16.8 Å². The monoisotopic (exact) mass is 310 g/mol. The van der Waals surface area contributed by atoms with Gasteiger partial charge in [-0.1, -0.05) is 0 Å². The van der Waals surface area contributed by atoms with Crippen LogP contribution in [0.5, 0.6) is 0 Å². The predicted molar refractivity (Wildman–Crippen MR) is 74.0 cm³/mol. The second kappa shape index (κ2) is 5.67. The van der Waals surface area contributed by atoms with Gasteiger partial charge in [-0.05, 0) is 44.7 Å². The minimum absolute atomic E-state index is 0.00569. The highest BCUT2D eigenvalue weighted by Gasteiger charge is 2.40. The summed E-state index contributed by atoms with van der Waals surface area (Å²) in [6, 6.07) is -0.00569. The third-order valence-electron chi connectivity index (χ3n) is 3.90. The second-order valence-electron chi connectivity index (χ2n) is 5.56. The number of hydrogen-bond acceptors (Lipinski definition) is 5. The molecule has 2 heterocycles. The van der Waals surface area contributed by atoms with Crippen LogP contribution in [0.1, 0.15) is 25.7 Å². The maximum absolute atomic E-state index is 12.2. The van der Waals surface area contributed by atoms with Crippen LogP contribution >= 0.6 is 0 Å².